The van der Waals surface area contributed by atoms with Crippen molar-refractivity contribution < 1.29 is 4.39 Å². The zero-order valence-corrected chi connectivity index (χ0v) is 9.97. The highest BCUT2D eigenvalue weighted by atomic mass is 19.1. The molecule has 0 bridgehead atoms. The van der Waals surface area contributed by atoms with Gasteiger partial charge in [0.25, 0.3) is 0 Å². The van der Waals surface area contributed by atoms with Crippen molar-refractivity contribution in [1.29, 1.82) is 5.26 Å². The van der Waals surface area contributed by atoms with Crippen molar-refractivity contribution in [3.8, 4) is 6.07 Å². The fourth-order valence-electron chi connectivity index (χ4n) is 1.24. The Labute approximate surface area is 96.1 Å². The van der Waals surface area contributed by atoms with Gasteiger partial charge in [0.1, 0.15) is 5.82 Å². The van der Waals surface area contributed by atoms with Crippen molar-refractivity contribution in [2.24, 2.45) is 0 Å². The molecule has 0 radical (unpaired) electrons. The predicted octanol–water partition coefficient (Wildman–Crippen LogP) is 2.98. The van der Waals surface area contributed by atoms with Crippen LogP contribution in [0.3, 0.4) is 0 Å². The first-order chi connectivity index (χ1) is 7.48. The second-order valence-electron chi connectivity index (χ2n) is 4.51. The number of halogens is 1. The molecule has 16 heavy (non-hydrogen) atoms. The van der Waals surface area contributed by atoms with Gasteiger partial charge in [-0.3, -0.25) is 0 Å². The number of rotatable bonds is 4. The molecule has 0 heterocycles. The lowest BCUT2D eigenvalue weighted by atomic mass is 10.0. The van der Waals surface area contributed by atoms with E-state index >= 15 is 0 Å². The number of benzene rings is 1. The fourth-order valence-corrected chi connectivity index (χ4v) is 1.24. The molecule has 2 nitrogen and oxygen atoms in total. The van der Waals surface area contributed by atoms with Gasteiger partial charge < -0.3 is 5.32 Å². The second-order valence-corrected chi connectivity index (χ2v) is 4.51. The van der Waals surface area contributed by atoms with Gasteiger partial charge >= 0.3 is 0 Å². The highest BCUT2D eigenvalue weighted by Crippen LogP contribution is 2.13. The summed E-state index contributed by atoms with van der Waals surface area (Å²) in [6.07, 6.45) is 0.965. The number of nitriles is 1. The molecule has 0 aliphatic heterocycles. The van der Waals surface area contributed by atoms with E-state index in [1.54, 1.807) is 6.07 Å². The Kier molecular flexibility index (Phi) is 4.03. The molecular weight excluding hydrogens is 203 g/mol. The van der Waals surface area contributed by atoms with Crippen LogP contribution in [-0.4, -0.2) is 5.54 Å². The van der Waals surface area contributed by atoms with E-state index in [0.29, 0.717) is 17.7 Å². The summed E-state index contributed by atoms with van der Waals surface area (Å²) >= 11 is 0. The second kappa shape index (κ2) is 5.09. The normalized spacial score (nSPS) is 11.2. The third-order valence-electron chi connectivity index (χ3n) is 2.82. The summed E-state index contributed by atoms with van der Waals surface area (Å²) in [4.78, 5) is 0. The summed E-state index contributed by atoms with van der Waals surface area (Å²) in [6.45, 7) is 6.66. The lowest BCUT2D eigenvalue weighted by Crippen LogP contribution is -2.38. The lowest BCUT2D eigenvalue weighted by molar-refractivity contribution is 0.371. The van der Waals surface area contributed by atoms with Crippen LogP contribution < -0.4 is 5.32 Å². The average Bonchev–Trinajstić information content (AvgIpc) is 2.28. The van der Waals surface area contributed by atoms with Crippen LogP contribution in [0.5, 0.6) is 0 Å². The Morgan fingerprint density at radius 2 is 2.12 bits per heavy atom. The minimum Gasteiger partial charge on any atom is -0.308 e. The molecule has 1 aromatic rings. The number of hydrogen-bond donors (Lipinski definition) is 1. The van der Waals surface area contributed by atoms with E-state index in [0.717, 1.165) is 6.42 Å². The maximum Gasteiger partial charge on any atom is 0.127 e. The molecule has 0 spiro atoms. The molecule has 3 heteroatoms. The SMILES string of the molecule is CCC(C)(C)NCc1cc(C#N)ccc1F. The largest absolute Gasteiger partial charge is 0.308 e. The van der Waals surface area contributed by atoms with Crippen molar-refractivity contribution in [3.63, 3.8) is 0 Å². The van der Waals surface area contributed by atoms with E-state index in [1.165, 1.54) is 12.1 Å². The molecule has 86 valence electrons. The molecular formula is C13H17FN2. The minimum absolute atomic E-state index is 0.0188. The summed E-state index contributed by atoms with van der Waals surface area (Å²) in [6, 6.07) is 6.43. The first-order valence-electron chi connectivity index (χ1n) is 5.42. The maximum atomic E-state index is 13.4. The smallest absolute Gasteiger partial charge is 0.127 e. The highest BCUT2D eigenvalue weighted by Gasteiger charge is 2.14. The molecule has 0 saturated carbocycles. The van der Waals surface area contributed by atoms with Gasteiger partial charge in [-0.1, -0.05) is 6.92 Å². The summed E-state index contributed by atoms with van der Waals surface area (Å²) in [5, 5.41) is 12.0. The molecule has 1 N–H and O–H groups in total. The molecule has 0 saturated heterocycles. The molecule has 0 fully saturated rings. The van der Waals surface area contributed by atoms with E-state index in [4.69, 9.17) is 5.26 Å². The van der Waals surface area contributed by atoms with Crippen LogP contribution in [-0.2, 0) is 6.54 Å². The van der Waals surface area contributed by atoms with Crippen molar-refractivity contribution in [3.05, 3.63) is 35.1 Å². The van der Waals surface area contributed by atoms with Crippen molar-refractivity contribution in [1.82, 2.24) is 5.32 Å². The van der Waals surface area contributed by atoms with Crippen molar-refractivity contribution in [2.45, 2.75) is 39.3 Å². The lowest BCUT2D eigenvalue weighted by Gasteiger charge is -2.24. The summed E-state index contributed by atoms with van der Waals surface area (Å²) in [7, 11) is 0. The standard InChI is InChI=1S/C13H17FN2/c1-4-13(2,3)16-9-11-7-10(8-15)5-6-12(11)14/h5-7,16H,4,9H2,1-3H3. The predicted molar refractivity (Wildman–Crippen MR) is 62.3 cm³/mol. The summed E-state index contributed by atoms with van der Waals surface area (Å²) < 4.78 is 13.4. The van der Waals surface area contributed by atoms with Crippen LogP contribution in [0.15, 0.2) is 18.2 Å². The topological polar surface area (TPSA) is 35.8 Å². The third-order valence-corrected chi connectivity index (χ3v) is 2.82. The summed E-state index contributed by atoms with van der Waals surface area (Å²) in [5.74, 6) is -0.265. The molecule has 0 amide bonds. The van der Waals surface area contributed by atoms with E-state index in [1.807, 2.05) is 6.07 Å². The Bertz CT molecular complexity index is 405. The van der Waals surface area contributed by atoms with E-state index in [-0.39, 0.29) is 11.4 Å². The van der Waals surface area contributed by atoms with Crippen molar-refractivity contribution >= 4 is 0 Å². The van der Waals surface area contributed by atoms with Crippen LogP contribution in [0, 0.1) is 17.1 Å². The molecule has 0 aromatic heterocycles. The Morgan fingerprint density at radius 1 is 1.44 bits per heavy atom. The monoisotopic (exact) mass is 220 g/mol. The van der Waals surface area contributed by atoms with Gasteiger partial charge in [0, 0.05) is 17.6 Å². The minimum atomic E-state index is -0.265. The van der Waals surface area contributed by atoms with E-state index in [2.05, 4.69) is 26.1 Å². The zero-order chi connectivity index (χ0) is 12.2. The molecule has 1 aromatic carbocycles. The van der Waals surface area contributed by atoms with Crippen LogP contribution >= 0.6 is 0 Å². The number of hydrogen-bond acceptors (Lipinski definition) is 2. The molecule has 0 unspecified atom stereocenters. The first-order valence-corrected chi connectivity index (χ1v) is 5.42. The Hall–Kier alpha value is -1.40. The van der Waals surface area contributed by atoms with Gasteiger partial charge in [-0.25, -0.2) is 4.39 Å². The van der Waals surface area contributed by atoms with Gasteiger partial charge in [0.05, 0.1) is 11.6 Å². The highest BCUT2D eigenvalue weighted by molar-refractivity contribution is 5.33. The fraction of sp³-hybridized carbons (Fsp3) is 0.462. The molecule has 1 rings (SSSR count). The molecule has 0 aliphatic carbocycles. The van der Waals surface area contributed by atoms with Gasteiger partial charge in [-0.2, -0.15) is 5.26 Å². The summed E-state index contributed by atoms with van der Waals surface area (Å²) in [5.41, 5.74) is 1.02. The van der Waals surface area contributed by atoms with Gasteiger partial charge in [-0.05, 0) is 38.5 Å². The third kappa shape index (κ3) is 3.32. The van der Waals surface area contributed by atoms with Gasteiger partial charge in [0.15, 0.2) is 0 Å². The van der Waals surface area contributed by atoms with E-state index in [9.17, 15) is 4.39 Å². The number of nitrogens with zero attached hydrogens (tertiary/aromatic N) is 1. The van der Waals surface area contributed by atoms with Crippen LogP contribution in [0.4, 0.5) is 4.39 Å². The average molecular weight is 220 g/mol. The van der Waals surface area contributed by atoms with Crippen LogP contribution in [0.2, 0.25) is 0 Å². The Balaban J connectivity index is 2.78. The zero-order valence-electron chi connectivity index (χ0n) is 9.97. The molecule has 0 atom stereocenters. The van der Waals surface area contributed by atoms with Crippen molar-refractivity contribution in [2.75, 3.05) is 0 Å². The Morgan fingerprint density at radius 3 is 2.69 bits per heavy atom. The maximum absolute atomic E-state index is 13.4. The molecule has 0 aliphatic rings. The van der Waals surface area contributed by atoms with Gasteiger partial charge in [-0.15, -0.1) is 0 Å². The van der Waals surface area contributed by atoms with Crippen LogP contribution in [0.25, 0.3) is 0 Å². The quantitative estimate of drug-likeness (QED) is 0.846. The first kappa shape index (κ1) is 12.7. The number of nitrogens with one attached hydrogen (secondary N) is 1. The van der Waals surface area contributed by atoms with E-state index < -0.39 is 0 Å². The van der Waals surface area contributed by atoms with Crippen LogP contribution in [0.1, 0.15) is 38.3 Å². The van der Waals surface area contributed by atoms with Gasteiger partial charge in [0.2, 0.25) is 0 Å².